The molecule has 0 aliphatic heterocycles. The minimum Gasteiger partial charge on any atom is -0.466 e. The van der Waals surface area contributed by atoms with Crippen LogP contribution in [0.15, 0.2) is 23.7 Å². The van der Waals surface area contributed by atoms with Gasteiger partial charge in [-0.15, -0.1) is 0 Å². The molecule has 17 heavy (non-hydrogen) atoms. The van der Waals surface area contributed by atoms with Crippen molar-refractivity contribution in [2.45, 2.75) is 66.7 Å². The topological polar surface area (TPSA) is 9.23 Å². The van der Waals surface area contributed by atoms with Crippen LogP contribution in [0.4, 0.5) is 0 Å². The third kappa shape index (κ3) is 4.22. The van der Waals surface area contributed by atoms with Gasteiger partial charge in [-0.1, -0.05) is 40.5 Å². The normalized spacial score (nSPS) is 19.8. The maximum Gasteiger partial charge on any atom is 0.105 e. The molecule has 0 bridgehead atoms. The van der Waals surface area contributed by atoms with Gasteiger partial charge >= 0.3 is 0 Å². The van der Waals surface area contributed by atoms with E-state index in [0.29, 0.717) is 5.92 Å². The molecule has 1 fully saturated rings. The van der Waals surface area contributed by atoms with E-state index in [1.807, 2.05) is 0 Å². The first-order chi connectivity index (χ1) is 7.99. The van der Waals surface area contributed by atoms with Gasteiger partial charge in [0.15, 0.2) is 0 Å². The van der Waals surface area contributed by atoms with E-state index in [1.165, 1.54) is 31.4 Å². The van der Waals surface area contributed by atoms with Crippen LogP contribution in [0.3, 0.4) is 0 Å². The zero-order valence-electron chi connectivity index (χ0n) is 12.2. The monoisotopic (exact) mass is 236 g/mol. The Morgan fingerprint density at radius 2 is 1.82 bits per heavy atom. The maximum atomic E-state index is 6.21. The second-order valence-electron chi connectivity index (χ2n) is 6.00. The standard InChI is InChI=1S/C16H28O/c1-6-10-14(13-11-8-9-12-13)17-15(7-2)16(3,4)5/h7,10,13H,6,8-9,11-12H2,1-5H3/b14-10+,15-7-. The molecule has 1 heteroatoms. The van der Waals surface area contributed by atoms with E-state index in [0.717, 1.165) is 12.2 Å². The van der Waals surface area contributed by atoms with Crippen LogP contribution in [0.2, 0.25) is 0 Å². The highest BCUT2D eigenvalue weighted by Gasteiger charge is 2.25. The minimum absolute atomic E-state index is 0.0974. The first-order valence-electron chi connectivity index (χ1n) is 7.03. The highest BCUT2D eigenvalue weighted by molar-refractivity contribution is 5.10. The molecule has 1 aliphatic carbocycles. The van der Waals surface area contributed by atoms with Crippen molar-refractivity contribution in [3.63, 3.8) is 0 Å². The Bertz CT molecular complexity index is 285. The molecule has 1 nitrogen and oxygen atoms in total. The fraction of sp³-hybridized carbons (Fsp3) is 0.750. The average Bonchev–Trinajstić information content (AvgIpc) is 2.75. The molecule has 0 aromatic rings. The van der Waals surface area contributed by atoms with Crippen LogP contribution >= 0.6 is 0 Å². The van der Waals surface area contributed by atoms with Crippen LogP contribution in [0.1, 0.15) is 66.7 Å². The van der Waals surface area contributed by atoms with Gasteiger partial charge in [-0.2, -0.15) is 0 Å². The predicted molar refractivity (Wildman–Crippen MR) is 74.6 cm³/mol. The Kier molecular flexibility index (Phi) is 5.30. The van der Waals surface area contributed by atoms with Crippen LogP contribution in [0, 0.1) is 11.3 Å². The quantitative estimate of drug-likeness (QED) is 0.591. The Morgan fingerprint density at radius 1 is 1.24 bits per heavy atom. The van der Waals surface area contributed by atoms with Gasteiger partial charge < -0.3 is 4.74 Å². The summed E-state index contributed by atoms with van der Waals surface area (Å²) in [6.07, 6.45) is 10.8. The number of ether oxygens (including phenoxy) is 1. The van der Waals surface area contributed by atoms with Crippen molar-refractivity contribution in [1.82, 2.24) is 0 Å². The summed E-state index contributed by atoms with van der Waals surface area (Å²) in [6, 6.07) is 0. The lowest BCUT2D eigenvalue weighted by Crippen LogP contribution is -2.14. The Balaban J connectivity index is 2.76. The second kappa shape index (κ2) is 6.28. The van der Waals surface area contributed by atoms with Gasteiger partial charge in [-0.3, -0.25) is 0 Å². The van der Waals surface area contributed by atoms with E-state index in [-0.39, 0.29) is 5.41 Å². The van der Waals surface area contributed by atoms with Crippen LogP contribution in [0.25, 0.3) is 0 Å². The molecule has 0 aromatic heterocycles. The molecule has 1 rings (SSSR count). The van der Waals surface area contributed by atoms with Crippen molar-refractivity contribution in [3.8, 4) is 0 Å². The number of hydrogen-bond acceptors (Lipinski definition) is 1. The van der Waals surface area contributed by atoms with Crippen LogP contribution in [-0.4, -0.2) is 0 Å². The second-order valence-corrected chi connectivity index (χ2v) is 6.00. The van der Waals surface area contributed by atoms with Crippen molar-refractivity contribution in [2.75, 3.05) is 0 Å². The fourth-order valence-corrected chi connectivity index (χ4v) is 2.48. The third-order valence-electron chi connectivity index (χ3n) is 3.39. The van der Waals surface area contributed by atoms with E-state index >= 15 is 0 Å². The molecule has 1 saturated carbocycles. The van der Waals surface area contributed by atoms with E-state index in [4.69, 9.17) is 4.74 Å². The highest BCUT2D eigenvalue weighted by atomic mass is 16.5. The fourth-order valence-electron chi connectivity index (χ4n) is 2.48. The summed E-state index contributed by atoms with van der Waals surface area (Å²) in [5.41, 5.74) is 0.0974. The van der Waals surface area contributed by atoms with Crippen LogP contribution in [-0.2, 0) is 4.74 Å². The van der Waals surface area contributed by atoms with Gasteiger partial charge in [-0.25, -0.2) is 0 Å². The molecule has 0 saturated heterocycles. The summed E-state index contributed by atoms with van der Waals surface area (Å²) in [7, 11) is 0. The summed E-state index contributed by atoms with van der Waals surface area (Å²) in [5.74, 6) is 2.98. The Labute approximate surface area is 107 Å². The highest BCUT2D eigenvalue weighted by Crippen LogP contribution is 2.36. The van der Waals surface area contributed by atoms with E-state index in [9.17, 15) is 0 Å². The maximum absolute atomic E-state index is 6.21. The molecule has 0 N–H and O–H groups in total. The first kappa shape index (κ1) is 14.3. The molecule has 0 radical (unpaired) electrons. The number of rotatable bonds is 4. The molecular weight excluding hydrogens is 208 g/mol. The summed E-state index contributed by atoms with van der Waals surface area (Å²) < 4.78 is 6.21. The van der Waals surface area contributed by atoms with Crippen molar-refractivity contribution in [1.29, 1.82) is 0 Å². The zero-order chi connectivity index (χ0) is 12.9. The molecule has 0 spiro atoms. The smallest absolute Gasteiger partial charge is 0.105 e. The SMILES string of the molecule is C/C=C(\O/C(=C/CC)C1CCCC1)C(C)(C)C. The van der Waals surface area contributed by atoms with Crippen molar-refractivity contribution in [2.24, 2.45) is 11.3 Å². The molecule has 0 aromatic carbocycles. The lowest BCUT2D eigenvalue weighted by Gasteiger charge is -2.26. The minimum atomic E-state index is 0.0974. The first-order valence-corrected chi connectivity index (χ1v) is 7.03. The third-order valence-corrected chi connectivity index (χ3v) is 3.39. The van der Waals surface area contributed by atoms with Gasteiger partial charge in [0, 0.05) is 11.3 Å². The number of hydrogen-bond donors (Lipinski definition) is 0. The molecule has 0 unspecified atom stereocenters. The van der Waals surface area contributed by atoms with Gasteiger partial charge in [0.25, 0.3) is 0 Å². The lowest BCUT2D eigenvalue weighted by atomic mass is 9.93. The predicted octanol–water partition coefficient (Wildman–Crippen LogP) is 5.44. The van der Waals surface area contributed by atoms with Gasteiger partial charge in [-0.05, 0) is 38.3 Å². The molecule has 0 amide bonds. The van der Waals surface area contributed by atoms with Crippen molar-refractivity contribution >= 4 is 0 Å². The summed E-state index contributed by atoms with van der Waals surface area (Å²) in [4.78, 5) is 0. The Morgan fingerprint density at radius 3 is 2.24 bits per heavy atom. The molecular formula is C16H28O. The lowest BCUT2D eigenvalue weighted by molar-refractivity contribution is 0.186. The van der Waals surface area contributed by atoms with E-state index < -0.39 is 0 Å². The largest absolute Gasteiger partial charge is 0.466 e. The van der Waals surface area contributed by atoms with Crippen molar-refractivity contribution < 1.29 is 4.74 Å². The molecule has 1 aliphatic rings. The van der Waals surface area contributed by atoms with Gasteiger partial charge in [0.1, 0.15) is 11.5 Å². The summed E-state index contributed by atoms with van der Waals surface area (Å²) in [6.45, 7) is 10.9. The summed E-state index contributed by atoms with van der Waals surface area (Å²) >= 11 is 0. The molecule has 0 heterocycles. The molecule has 0 atom stereocenters. The van der Waals surface area contributed by atoms with E-state index in [2.05, 4.69) is 46.8 Å². The van der Waals surface area contributed by atoms with Crippen LogP contribution in [0.5, 0.6) is 0 Å². The van der Waals surface area contributed by atoms with Gasteiger partial charge in [0.05, 0.1) is 0 Å². The van der Waals surface area contributed by atoms with Crippen LogP contribution < -0.4 is 0 Å². The number of allylic oxidation sites excluding steroid dienone is 4. The van der Waals surface area contributed by atoms with Gasteiger partial charge in [0.2, 0.25) is 0 Å². The Hall–Kier alpha value is -0.720. The molecule has 98 valence electrons. The van der Waals surface area contributed by atoms with E-state index in [1.54, 1.807) is 0 Å². The zero-order valence-corrected chi connectivity index (χ0v) is 12.2. The summed E-state index contributed by atoms with van der Waals surface area (Å²) in [5, 5.41) is 0. The average molecular weight is 236 g/mol. The van der Waals surface area contributed by atoms with Crippen molar-refractivity contribution in [3.05, 3.63) is 23.7 Å².